The van der Waals surface area contributed by atoms with Gasteiger partial charge in [-0.25, -0.2) is 0 Å². The minimum absolute atomic E-state index is 0.0199. The molecule has 0 spiro atoms. The maximum Gasteiger partial charge on any atom is 0.200 e. The summed E-state index contributed by atoms with van der Waals surface area (Å²) in [6, 6.07) is 16.5. The lowest BCUT2D eigenvalue weighted by Crippen LogP contribution is -2.11. The summed E-state index contributed by atoms with van der Waals surface area (Å²) < 4.78 is 6.39. The smallest absolute Gasteiger partial charge is 0.200 e. The third kappa shape index (κ3) is 3.43. The molecule has 0 bridgehead atoms. The topological polar surface area (TPSA) is 26.3 Å². The van der Waals surface area contributed by atoms with Gasteiger partial charge in [0.2, 0.25) is 0 Å². The third-order valence-corrected chi connectivity index (χ3v) is 2.81. The Morgan fingerprint density at radius 3 is 2.29 bits per heavy atom. The summed E-state index contributed by atoms with van der Waals surface area (Å²) in [5.74, 6) is 0.672. The zero-order valence-electron chi connectivity index (χ0n) is 9.10. The number of rotatable bonds is 4. The van der Waals surface area contributed by atoms with E-state index in [1.54, 1.807) is 12.1 Å². The summed E-state index contributed by atoms with van der Waals surface area (Å²) in [7, 11) is 0. The van der Waals surface area contributed by atoms with E-state index in [0.717, 1.165) is 4.47 Å². The molecular weight excluding hydrogens is 280 g/mol. The van der Waals surface area contributed by atoms with E-state index in [-0.39, 0.29) is 12.4 Å². The summed E-state index contributed by atoms with van der Waals surface area (Å²) in [5.41, 5.74) is 0.671. The van der Waals surface area contributed by atoms with Crippen molar-refractivity contribution in [1.82, 2.24) is 0 Å². The van der Waals surface area contributed by atoms with Crippen molar-refractivity contribution in [3.8, 4) is 5.75 Å². The fourth-order valence-corrected chi connectivity index (χ4v) is 1.65. The van der Waals surface area contributed by atoms with Crippen LogP contribution in [0, 0.1) is 0 Å². The monoisotopic (exact) mass is 290 g/mol. The number of ketones is 1. The van der Waals surface area contributed by atoms with Crippen molar-refractivity contribution in [2.45, 2.75) is 0 Å². The summed E-state index contributed by atoms with van der Waals surface area (Å²) in [6.45, 7) is 0.0612. The lowest BCUT2D eigenvalue weighted by molar-refractivity contribution is 0.0921. The Balaban J connectivity index is 1.95. The highest BCUT2D eigenvalue weighted by Crippen LogP contribution is 2.16. The van der Waals surface area contributed by atoms with Crippen LogP contribution in [0.15, 0.2) is 59.1 Å². The Kier molecular flexibility index (Phi) is 3.94. The molecule has 0 heterocycles. The lowest BCUT2D eigenvalue weighted by atomic mass is 10.1. The highest BCUT2D eigenvalue weighted by atomic mass is 79.9. The van der Waals surface area contributed by atoms with Crippen LogP contribution in [0.5, 0.6) is 5.75 Å². The van der Waals surface area contributed by atoms with E-state index < -0.39 is 0 Å². The molecule has 0 unspecified atom stereocenters. The SMILES string of the molecule is O=C(COc1ccc(Br)cc1)c1ccccc1. The Morgan fingerprint density at radius 1 is 1.00 bits per heavy atom. The molecule has 86 valence electrons. The molecule has 0 aromatic heterocycles. The average molecular weight is 291 g/mol. The van der Waals surface area contributed by atoms with Crippen LogP contribution in [0.2, 0.25) is 0 Å². The van der Waals surface area contributed by atoms with E-state index in [9.17, 15) is 4.79 Å². The van der Waals surface area contributed by atoms with E-state index in [0.29, 0.717) is 11.3 Å². The van der Waals surface area contributed by atoms with Crippen molar-refractivity contribution >= 4 is 21.7 Å². The zero-order chi connectivity index (χ0) is 12.1. The number of hydrogen-bond donors (Lipinski definition) is 0. The largest absolute Gasteiger partial charge is 0.485 e. The first-order chi connectivity index (χ1) is 8.25. The molecule has 0 aliphatic carbocycles. The van der Waals surface area contributed by atoms with Gasteiger partial charge in [-0.05, 0) is 24.3 Å². The van der Waals surface area contributed by atoms with Crippen molar-refractivity contribution in [2.75, 3.05) is 6.61 Å². The molecule has 2 nitrogen and oxygen atoms in total. The lowest BCUT2D eigenvalue weighted by Gasteiger charge is -2.05. The Bertz CT molecular complexity index is 491. The highest BCUT2D eigenvalue weighted by Gasteiger charge is 2.05. The molecule has 0 fully saturated rings. The molecule has 0 atom stereocenters. The van der Waals surface area contributed by atoms with Crippen LogP contribution in [-0.4, -0.2) is 12.4 Å². The number of ether oxygens (including phenoxy) is 1. The van der Waals surface area contributed by atoms with Crippen LogP contribution in [0.3, 0.4) is 0 Å². The quantitative estimate of drug-likeness (QED) is 0.803. The number of Topliss-reactive ketones (excluding diaryl/α,β-unsaturated/α-hetero) is 1. The number of benzene rings is 2. The van der Waals surface area contributed by atoms with Crippen LogP contribution >= 0.6 is 15.9 Å². The molecule has 0 radical (unpaired) electrons. The molecule has 0 aliphatic rings. The molecule has 2 aromatic carbocycles. The normalized spacial score (nSPS) is 9.94. The minimum Gasteiger partial charge on any atom is -0.485 e. The second-order valence-corrected chi connectivity index (χ2v) is 4.45. The predicted molar refractivity (Wildman–Crippen MR) is 70.4 cm³/mol. The van der Waals surface area contributed by atoms with Crippen LogP contribution in [-0.2, 0) is 0 Å². The number of halogens is 1. The van der Waals surface area contributed by atoms with Gasteiger partial charge in [0.15, 0.2) is 12.4 Å². The molecule has 17 heavy (non-hydrogen) atoms. The molecular formula is C14H11BrO2. The first-order valence-corrected chi connectivity index (χ1v) is 6.01. The Hall–Kier alpha value is -1.61. The molecule has 0 saturated carbocycles. The van der Waals surface area contributed by atoms with E-state index in [4.69, 9.17) is 4.74 Å². The highest BCUT2D eigenvalue weighted by molar-refractivity contribution is 9.10. The first kappa shape index (κ1) is 11.9. The van der Waals surface area contributed by atoms with Crippen LogP contribution in [0.4, 0.5) is 0 Å². The van der Waals surface area contributed by atoms with E-state index in [2.05, 4.69) is 15.9 Å². The van der Waals surface area contributed by atoms with Gasteiger partial charge in [0.25, 0.3) is 0 Å². The molecule has 3 heteroatoms. The number of hydrogen-bond acceptors (Lipinski definition) is 2. The van der Waals surface area contributed by atoms with Gasteiger partial charge in [0, 0.05) is 10.0 Å². The minimum atomic E-state index is -0.0199. The summed E-state index contributed by atoms with van der Waals surface area (Å²) >= 11 is 3.34. The van der Waals surface area contributed by atoms with Crippen LogP contribution < -0.4 is 4.74 Å². The van der Waals surface area contributed by atoms with Crippen molar-refractivity contribution in [3.63, 3.8) is 0 Å². The van der Waals surface area contributed by atoms with Gasteiger partial charge in [-0.1, -0.05) is 46.3 Å². The van der Waals surface area contributed by atoms with Gasteiger partial charge < -0.3 is 4.74 Å². The second-order valence-electron chi connectivity index (χ2n) is 3.53. The fraction of sp³-hybridized carbons (Fsp3) is 0.0714. The summed E-state index contributed by atoms with van der Waals surface area (Å²) in [4.78, 5) is 11.8. The zero-order valence-corrected chi connectivity index (χ0v) is 10.7. The molecule has 2 rings (SSSR count). The van der Waals surface area contributed by atoms with E-state index >= 15 is 0 Å². The fourth-order valence-electron chi connectivity index (χ4n) is 1.39. The van der Waals surface area contributed by atoms with E-state index in [1.807, 2.05) is 42.5 Å². The maximum absolute atomic E-state index is 11.8. The molecule has 0 aliphatic heterocycles. The molecule has 0 amide bonds. The standard InChI is InChI=1S/C14H11BrO2/c15-12-6-8-13(9-7-12)17-10-14(16)11-4-2-1-3-5-11/h1-9H,10H2. The van der Waals surface area contributed by atoms with Crippen molar-refractivity contribution in [1.29, 1.82) is 0 Å². The molecule has 0 N–H and O–H groups in total. The van der Waals surface area contributed by atoms with Gasteiger partial charge in [0.05, 0.1) is 0 Å². The van der Waals surface area contributed by atoms with E-state index in [1.165, 1.54) is 0 Å². The number of carbonyl (C=O) groups is 1. The van der Waals surface area contributed by atoms with Gasteiger partial charge >= 0.3 is 0 Å². The van der Waals surface area contributed by atoms with Crippen molar-refractivity contribution < 1.29 is 9.53 Å². The van der Waals surface area contributed by atoms with Crippen molar-refractivity contribution in [3.05, 3.63) is 64.6 Å². The average Bonchev–Trinajstić information content (AvgIpc) is 2.39. The van der Waals surface area contributed by atoms with Crippen LogP contribution in [0.1, 0.15) is 10.4 Å². The Labute approximate surface area is 108 Å². The van der Waals surface area contributed by atoms with Gasteiger partial charge in [-0.3, -0.25) is 4.79 Å². The Morgan fingerprint density at radius 2 is 1.65 bits per heavy atom. The third-order valence-electron chi connectivity index (χ3n) is 2.28. The maximum atomic E-state index is 11.8. The summed E-state index contributed by atoms with van der Waals surface area (Å²) in [5, 5.41) is 0. The van der Waals surface area contributed by atoms with Crippen molar-refractivity contribution in [2.24, 2.45) is 0 Å². The number of carbonyl (C=O) groups excluding carboxylic acids is 1. The predicted octanol–water partition coefficient (Wildman–Crippen LogP) is 3.71. The molecule has 0 saturated heterocycles. The van der Waals surface area contributed by atoms with Gasteiger partial charge in [-0.2, -0.15) is 0 Å². The van der Waals surface area contributed by atoms with Gasteiger partial charge in [0.1, 0.15) is 5.75 Å². The summed E-state index contributed by atoms with van der Waals surface area (Å²) in [6.07, 6.45) is 0. The first-order valence-electron chi connectivity index (χ1n) is 5.22. The van der Waals surface area contributed by atoms with Gasteiger partial charge in [-0.15, -0.1) is 0 Å². The van der Waals surface area contributed by atoms with Crippen LogP contribution in [0.25, 0.3) is 0 Å². The molecule has 2 aromatic rings. The second kappa shape index (κ2) is 5.64.